The topological polar surface area (TPSA) is 72.9 Å². The van der Waals surface area contributed by atoms with Crippen LogP contribution >= 0.6 is 0 Å². The fourth-order valence-corrected chi connectivity index (χ4v) is 2.29. The number of imidazole rings is 1. The summed E-state index contributed by atoms with van der Waals surface area (Å²) >= 11 is 0. The Morgan fingerprint density at radius 2 is 2.15 bits per heavy atom. The molecule has 2 heterocycles. The highest BCUT2D eigenvalue weighted by Gasteiger charge is 2.12. The van der Waals surface area contributed by atoms with Crippen LogP contribution in [0, 0.1) is 6.92 Å². The average Bonchev–Trinajstić information content (AvgIpc) is 2.94. The number of aromatic nitrogens is 4. The van der Waals surface area contributed by atoms with Crippen LogP contribution in [-0.2, 0) is 13.6 Å². The van der Waals surface area contributed by atoms with E-state index in [2.05, 4.69) is 10.1 Å². The average molecular weight is 270 g/mol. The van der Waals surface area contributed by atoms with Crippen LogP contribution in [0.4, 0.5) is 0 Å². The lowest BCUT2D eigenvalue weighted by atomic mass is 10.2. The third kappa shape index (κ3) is 2.05. The third-order valence-electron chi connectivity index (χ3n) is 3.27. The van der Waals surface area contributed by atoms with Crippen molar-refractivity contribution in [2.75, 3.05) is 0 Å². The number of benzene rings is 1. The zero-order chi connectivity index (χ0) is 14.3. The van der Waals surface area contributed by atoms with Crippen molar-refractivity contribution in [1.82, 2.24) is 19.3 Å². The second kappa shape index (κ2) is 4.48. The Balaban J connectivity index is 2.10. The van der Waals surface area contributed by atoms with Crippen LogP contribution < -0.4 is 0 Å². The second-order valence-corrected chi connectivity index (χ2v) is 4.73. The number of carboxylic acid groups (broad SMARTS) is 1. The molecule has 0 aliphatic heterocycles. The largest absolute Gasteiger partial charge is 0.478 e. The maximum absolute atomic E-state index is 11.1. The van der Waals surface area contributed by atoms with Gasteiger partial charge in [-0.25, -0.2) is 9.78 Å². The molecule has 1 aromatic carbocycles. The van der Waals surface area contributed by atoms with Crippen molar-refractivity contribution in [3.8, 4) is 0 Å². The number of hydrogen-bond acceptors (Lipinski definition) is 3. The molecule has 0 aliphatic rings. The lowest BCUT2D eigenvalue weighted by Crippen LogP contribution is -2.04. The molecule has 0 fully saturated rings. The van der Waals surface area contributed by atoms with Gasteiger partial charge < -0.3 is 9.67 Å². The van der Waals surface area contributed by atoms with Gasteiger partial charge in [0.15, 0.2) is 0 Å². The van der Waals surface area contributed by atoms with E-state index in [9.17, 15) is 4.79 Å². The zero-order valence-corrected chi connectivity index (χ0v) is 11.2. The molecule has 0 radical (unpaired) electrons. The summed E-state index contributed by atoms with van der Waals surface area (Å²) in [6, 6.07) is 6.90. The van der Waals surface area contributed by atoms with E-state index in [1.54, 1.807) is 22.9 Å². The summed E-state index contributed by atoms with van der Waals surface area (Å²) in [6.45, 7) is 2.48. The summed E-state index contributed by atoms with van der Waals surface area (Å²) in [4.78, 5) is 15.5. The van der Waals surface area contributed by atoms with Gasteiger partial charge in [-0.15, -0.1) is 0 Å². The molecule has 3 aromatic rings. The number of fused-ring (bicyclic) bond motifs is 1. The molecular formula is C14H14N4O2. The van der Waals surface area contributed by atoms with E-state index >= 15 is 0 Å². The first-order chi connectivity index (χ1) is 9.54. The molecule has 20 heavy (non-hydrogen) atoms. The van der Waals surface area contributed by atoms with Crippen molar-refractivity contribution < 1.29 is 9.90 Å². The standard InChI is InChI=1S/C14H14N4O2/c1-9-15-12-4-3-10(14(19)20)7-13(12)18(9)8-11-5-6-17(2)16-11/h3-7H,8H2,1-2H3,(H,19,20). The minimum atomic E-state index is -0.935. The van der Waals surface area contributed by atoms with E-state index in [1.807, 2.05) is 30.8 Å². The van der Waals surface area contributed by atoms with Crippen molar-refractivity contribution in [2.45, 2.75) is 13.5 Å². The van der Waals surface area contributed by atoms with Gasteiger partial charge in [0.25, 0.3) is 0 Å². The molecule has 0 bridgehead atoms. The Labute approximate surface area is 115 Å². The van der Waals surface area contributed by atoms with Gasteiger partial charge in [-0.2, -0.15) is 5.10 Å². The summed E-state index contributed by atoms with van der Waals surface area (Å²) in [5, 5.41) is 13.4. The van der Waals surface area contributed by atoms with Crippen molar-refractivity contribution >= 4 is 17.0 Å². The van der Waals surface area contributed by atoms with Gasteiger partial charge in [-0.1, -0.05) is 0 Å². The summed E-state index contributed by atoms with van der Waals surface area (Å²) in [5.74, 6) is -0.0941. The van der Waals surface area contributed by atoms with Crippen LogP contribution in [0.5, 0.6) is 0 Å². The minimum Gasteiger partial charge on any atom is -0.478 e. The van der Waals surface area contributed by atoms with Crippen LogP contribution in [0.3, 0.4) is 0 Å². The highest BCUT2D eigenvalue weighted by Crippen LogP contribution is 2.19. The fraction of sp³-hybridized carbons (Fsp3) is 0.214. The number of nitrogens with zero attached hydrogens (tertiary/aromatic N) is 4. The molecule has 0 amide bonds. The van der Waals surface area contributed by atoms with Gasteiger partial charge in [0.05, 0.1) is 28.8 Å². The smallest absolute Gasteiger partial charge is 0.335 e. The molecule has 0 spiro atoms. The first-order valence-corrected chi connectivity index (χ1v) is 6.23. The predicted molar refractivity (Wildman–Crippen MR) is 73.7 cm³/mol. The SMILES string of the molecule is Cc1nc2ccc(C(=O)O)cc2n1Cc1ccn(C)n1. The molecule has 0 aliphatic carbocycles. The second-order valence-electron chi connectivity index (χ2n) is 4.73. The van der Waals surface area contributed by atoms with Crippen LogP contribution in [0.25, 0.3) is 11.0 Å². The molecule has 0 saturated heterocycles. The number of carbonyl (C=O) groups is 1. The van der Waals surface area contributed by atoms with Gasteiger partial charge in [-0.3, -0.25) is 4.68 Å². The maximum atomic E-state index is 11.1. The number of aryl methyl sites for hydroxylation is 2. The van der Waals surface area contributed by atoms with Gasteiger partial charge >= 0.3 is 5.97 Å². The Kier molecular flexibility index (Phi) is 2.78. The molecule has 0 atom stereocenters. The Morgan fingerprint density at radius 1 is 1.35 bits per heavy atom. The Morgan fingerprint density at radius 3 is 2.80 bits per heavy atom. The van der Waals surface area contributed by atoms with Crippen LogP contribution in [-0.4, -0.2) is 30.4 Å². The lowest BCUT2D eigenvalue weighted by Gasteiger charge is -2.05. The van der Waals surface area contributed by atoms with Gasteiger partial charge in [0.2, 0.25) is 0 Å². The van der Waals surface area contributed by atoms with Crippen molar-refractivity contribution in [2.24, 2.45) is 7.05 Å². The maximum Gasteiger partial charge on any atom is 0.335 e. The zero-order valence-electron chi connectivity index (χ0n) is 11.2. The predicted octanol–water partition coefficient (Wildman–Crippen LogP) is 1.82. The van der Waals surface area contributed by atoms with Crippen molar-refractivity contribution in [1.29, 1.82) is 0 Å². The first kappa shape index (κ1) is 12.4. The van der Waals surface area contributed by atoms with Crippen LogP contribution in [0.1, 0.15) is 21.9 Å². The van der Waals surface area contributed by atoms with Crippen LogP contribution in [0.15, 0.2) is 30.5 Å². The molecule has 0 saturated carbocycles. The normalized spacial score (nSPS) is 11.1. The van der Waals surface area contributed by atoms with Gasteiger partial charge in [-0.05, 0) is 31.2 Å². The van der Waals surface area contributed by atoms with E-state index in [0.29, 0.717) is 6.54 Å². The summed E-state index contributed by atoms with van der Waals surface area (Å²) < 4.78 is 3.72. The van der Waals surface area contributed by atoms with E-state index < -0.39 is 5.97 Å². The van der Waals surface area contributed by atoms with E-state index in [0.717, 1.165) is 22.6 Å². The van der Waals surface area contributed by atoms with E-state index in [4.69, 9.17) is 5.11 Å². The van der Waals surface area contributed by atoms with E-state index in [1.165, 1.54) is 0 Å². The molecule has 6 nitrogen and oxygen atoms in total. The van der Waals surface area contributed by atoms with E-state index in [-0.39, 0.29) is 5.56 Å². The Hall–Kier alpha value is -2.63. The molecule has 102 valence electrons. The monoisotopic (exact) mass is 270 g/mol. The number of carboxylic acids is 1. The van der Waals surface area contributed by atoms with Crippen molar-refractivity contribution in [3.63, 3.8) is 0 Å². The number of aromatic carboxylic acids is 1. The van der Waals surface area contributed by atoms with Crippen LogP contribution in [0.2, 0.25) is 0 Å². The fourth-order valence-electron chi connectivity index (χ4n) is 2.29. The van der Waals surface area contributed by atoms with Gasteiger partial charge in [0.1, 0.15) is 5.82 Å². The number of rotatable bonds is 3. The lowest BCUT2D eigenvalue weighted by molar-refractivity contribution is 0.0697. The molecule has 3 rings (SSSR count). The third-order valence-corrected chi connectivity index (χ3v) is 3.27. The molecular weight excluding hydrogens is 256 g/mol. The molecule has 2 aromatic heterocycles. The highest BCUT2D eigenvalue weighted by molar-refractivity contribution is 5.92. The molecule has 6 heteroatoms. The quantitative estimate of drug-likeness (QED) is 0.788. The summed E-state index contributed by atoms with van der Waals surface area (Å²) in [5.41, 5.74) is 2.78. The summed E-state index contributed by atoms with van der Waals surface area (Å²) in [7, 11) is 1.87. The highest BCUT2D eigenvalue weighted by atomic mass is 16.4. The van der Waals surface area contributed by atoms with Gasteiger partial charge in [0, 0.05) is 13.2 Å². The minimum absolute atomic E-state index is 0.264. The number of hydrogen-bond donors (Lipinski definition) is 1. The molecule has 0 unspecified atom stereocenters. The first-order valence-electron chi connectivity index (χ1n) is 6.23. The Bertz CT molecular complexity index is 801. The summed E-state index contributed by atoms with van der Waals surface area (Å²) in [6.07, 6.45) is 1.88. The molecule has 1 N–H and O–H groups in total. The van der Waals surface area contributed by atoms with Crippen molar-refractivity contribution in [3.05, 3.63) is 47.5 Å².